The van der Waals surface area contributed by atoms with Gasteiger partial charge in [0.2, 0.25) is 0 Å². The van der Waals surface area contributed by atoms with E-state index in [-0.39, 0.29) is 11.5 Å². The maximum absolute atomic E-state index is 6.26. The van der Waals surface area contributed by atoms with E-state index in [4.69, 9.17) is 5.73 Å². The highest BCUT2D eigenvalue weighted by Gasteiger charge is 2.30. The van der Waals surface area contributed by atoms with Gasteiger partial charge in [0.15, 0.2) is 0 Å². The minimum atomic E-state index is 0.211. The molecule has 1 aromatic rings. The SMILES string of the molecule is CCC(N)C(Sc1cccc(Br)c1)C(C)(C)C. The van der Waals surface area contributed by atoms with Crippen LogP contribution >= 0.6 is 27.7 Å². The summed E-state index contributed by atoms with van der Waals surface area (Å²) < 4.78 is 1.13. The van der Waals surface area contributed by atoms with Crippen LogP contribution in [0.4, 0.5) is 0 Å². The zero-order valence-electron chi connectivity index (χ0n) is 11.0. The molecular weight excluding hydrogens is 294 g/mol. The van der Waals surface area contributed by atoms with Gasteiger partial charge in [0, 0.05) is 20.7 Å². The largest absolute Gasteiger partial charge is 0.327 e. The van der Waals surface area contributed by atoms with Crippen LogP contribution in [0.3, 0.4) is 0 Å². The maximum atomic E-state index is 6.26. The zero-order chi connectivity index (χ0) is 13.1. The van der Waals surface area contributed by atoms with Gasteiger partial charge in [-0.1, -0.05) is 49.7 Å². The normalized spacial score (nSPS) is 15.6. The second kappa shape index (κ2) is 6.26. The lowest BCUT2D eigenvalue weighted by Crippen LogP contribution is -2.40. The summed E-state index contributed by atoms with van der Waals surface area (Å²) in [6, 6.07) is 8.67. The first-order valence-corrected chi connectivity index (χ1v) is 7.69. The van der Waals surface area contributed by atoms with Crippen molar-refractivity contribution in [1.29, 1.82) is 0 Å². The van der Waals surface area contributed by atoms with Gasteiger partial charge in [-0.25, -0.2) is 0 Å². The van der Waals surface area contributed by atoms with Crippen LogP contribution in [-0.4, -0.2) is 11.3 Å². The van der Waals surface area contributed by atoms with Crippen LogP contribution in [0.1, 0.15) is 34.1 Å². The molecule has 0 radical (unpaired) electrons. The summed E-state index contributed by atoms with van der Waals surface area (Å²) in [6.45, 7) is 8.94. The molecule has 2 atom stereocenters. The van der Waals surface area contributed by atoms with Crippen molar-refractivity contribution >= 4 is 27.7 Å². The van der Waals surface area contributed by atoms with Crippen LogP contribution in [0, 0.1) is 5.41 Å². The summed E-state index contributed by atoms with van der Waals surface area (Å²) in [4.78, 5) is 1.28. The first-order chi connectivity index (χ1) is 7.84. The minimum Gasteiger partial charge on any atom is -0.327 e. The highest BCUT2D eigenvalue weighted by Crippen LogP contribution is 2.38. The van der Waals surface area contributed by atoms with Crippen molar-refractivity contribution in [3.05, 3.63) is 28.7 Å². The molecule has 0 bridgehead atoms. The van der Waals surface area contributed by atoms with Crippen LogP contribution in [0.5, 0.6) is 0 Å². The Morgan fingerprint density at radius 2 is 2.00 bits per heavy atom. The van der Waals surface area contributed by atoms with Crippen LogP contribution in [0.2, 0.25) is 0 Å². The molecule has 0 spiro atoms. The fourth-order valence-corrected chi connectivity index (χ4v) is 3.72. The minimum absolute atomic E-state index is 0.211. The van der Waals surface area contributed by atoms with Crippen molar-refractivity contribution in [2.75, 3.05) is 0 Å². The topological polar surface area (TPSA) is 26.0 Å². The van der Waals surface area contributed by atoms with E-state index in [9.17, 15) is 0 Å². The Morgan fingerprint density at radius 3 is 2.47 bits per heavy atom. The van der Waals surface area contributed by atoms with Crippen LogP contribution in [-0.2, 0) is 0 Å². The number of hydrogen-bond donors (Lipinski definition) is 1. The summed E-state index contributed by atoms with van der Waals surface area (Å²) in [7, 11) is 0. The second-order valence-corrected chi connectivity index (χ2v) is 7.56. The number of rotatable bonds is 4. The molecule has 0 aliphatic rings. The highest BCUT2D eigenvalue weighted by atomic mass is 79.9. The van der Waals surface area contributed by atoms with Crippen molar-refractivity contribution < 1.29 is 0 Å². The molecule has 2 unspecified atom stereocenters. The predicted octanol–water partition coefficient (Wildman–Crippen LogP) is 4.69. The Balaban J connectivity index is 2.87. The van der Waals surface area contributed by atoms with Crippen molar-refractivity contribution in [2.24, 2.45) is 11.1 Å². The third kappa shape index (κ3) is 4.65. The Bertz CT molecular complexity index is 359. The number of nitrogens with two attached hydrogens (primary N) is 1. The first kappa shape index (κ1) is 15.1. The van der Waals surface area contributed by atoms with Gasteiger partial charge in [-0.3, -0.25) is 0 Å². The molecule has 0 heterocycles. The van der Waals surface area contributed by atoms with E-state index < -0.39 is 0 Å². The van der Waals surface area contributed by atoms with Crippen molar-refractivity contribution in [2.45, 2.75) is 50.3 Å². The molecule has 1 nitrogen and oxygen atoms in total. The number of halogens is 1. The van der Waals surface area contributed by atoms with Gasteiger partial charge in [-0.2, -0.15) is 0 Å². The van der Waals surface area contributed by atoms with Crippen LogP contribution in [0.25, 0.3) is 0 Å². The smallest absolute Gasteiger partial charge is 0.0294 e. The molecule has 3 heteroatoms. The average Bonchev–Trinajstić information content (AvgIpc) is 2.23. The fourth-order valence-electron chi connectivity index (χ4n) is 1.81. The van der Waals surface area contributed by atoms with Crippen molar-refractivity contribution in [1.82, 2.24) is 0 Å². The fraction of sp³-hybridized carbons (Fsp3) is 0.571. The number of thioether (sulfide) groups is 1. The Labute approximate surface area is 118 Å². The maximum Gasteiger partial charge on any atom is 0.0294 e. The molecule has 1 aromatic carbocycles. The van der Waals surface area contributed by atoms with Gasteiger partial charge >= 0.3 is 0 Å². The molecule has 96 valence electrons. The molecular formula is C14H22BrNS. The van der Waals surface area contributed by atoms with E-state index >= 15 is 0 Å². The van der Waals surface area contributed by atoms with Gasteiger partial charge in [0.05, 0.1) is 0 Å². The lowest BCUT2D eigenvalue weighted by molar-refractivity contribution is 0.350. The summed E-state index contributed by atoms with van der Waals surface area (Å²) in [5.74, 6) is 0. The predicted molar refractivity (Wildman–Crippen MR) is 81.5 cm³/mol. The van der Waals surface area contributed by atoms with Gasteiger partial charge < -0.3 is 5.73 Å². The van der Waals surface area contributed by atoms with Crippen molar-refractivity contribution in [3.63, 3.8) is 0 Å². The van der Waals surface area contributed by atoms with Gasteiger partial charge in [-0.05, 0) is 30.0 Å². The zero-order valence-corrected chi connectivity index (χ0v) is 13.4. The third-order valence-electron chi connectivity index (χ3n) is 2.77. The molecule has 0 aliphatic heterocycles. The Kier molecular flexibility index (Phi) is 5.55. The number of benzene rings is 1. The molecule has 0 saturated heterocycles. The summed E-state index contributed by atoms with van der Waals surface area (Å²) in [5.41, 5.74) is 6.47. The molecule has 0 aliphatic carbocycles. The summed E-state index contributed by atoms with van der Waals surface area (Å²) in [5, 5.41) is 0.432. The van der Waals surface area contributed by atoms with E-state index in [2.05, 4.69) is 67.9 Å². The summed E-state index contributed by atoms with van der Waals surface area (Å²) in [6.07, 6.45) is 1.02. The average molecular weight is 316 g/mol. The van der Waals surface area contributed by atoms with E-state index in [0.717, 1.165) is 10.9 Å². The molecule has 0 fully saturated rings. The molecule has 2 N–H and O–H groups in total. The van der Waals surface area contributed by atoms with Gasteiger partial charge in [-0.15, -0.1) is 11.8 Å². The Hall–Kier alpha value is 0.01000. The van der Waals surface area contributed by atoms with E-state index in [1.807, 2.05) is 11.8 Å². The molecule has 0 aromatic heterocycles. The highest BCUT2D eigenvalue weighted by molar-refractivity contribution is 9.10. The Morgan fingerprint density at radius 1 is 1.35 bits per heavy atom. The first-order valence-electron chi connectivity index (χ1n) is 6.02. The van der Waals surface area contributed by atoms with E-state index in [0.29, 0.717) is 5.25 Å². The van der Waals surface area contributed by atoms with E-state index in [1.54, 1.807) is 0 Å². The van der Waals surface area contributed by atoms with E-state index in [1.165, 1.54) is 4.90 Å². The van der Waals surface area contributed by atoms with Gasteiger partial charge in [0.25, 0.3) is 0 Å². The molecule has 0 amide bonds. The molecule has 17 heavy (non-hydrogen) atoms. The standard InChI is InChI=1S/C14H22BrNS/c1-5-12(16)13(14(2,3)4)17-11-8-6-7-10(15)9-11/h6-9,12-13H,5,16H2,1-4H3. The number of hydrogen-bond acceptors (Lipinski definition) is 2. The summed E-state index contributed by atoms with van der Waals surface area (Å²) >= 11 is 5.40. The third-order valence-corrected chi connectivity index (χ3v) is 5.10. The lowest BCUT2D eigenvalue weighted by Gasteiger charge is -2.34. The van der Waals surface area contributed by atoms with Crippen molar-refractivity contribution in [3.8, 4) is 0 Å². The lowest BCUT2D eigenvalue weighted by atomic mass is 9.87. The molecule has 1 rings (SSSR count). The molecule has 0 saturated carbocycles. The van der Waals surface area contributed by atoms with Gasteiger partial charge in [0.1, 0.15) is 0 Å². The monoisotopic (exact) mass is 315 g/mol. The quantitative estimate of drug-likeness (QED) is 0.815. The second-order valence-electron chi connectivity index (χ2n) is 5.43. The van der Waals surface area contributed by atoms with Crippen LogP contribution in [0.15, 0.2) is 33.6 Å². The van der Waals surface area contributed by atoms with Crippen LogP contribution < -0.4 is 5.73 Å².